The van der Waals surface area contributed by atoms with E-state index < -0.39 is 0 Å². The Balaban J connectivity index is 1.32. The van der Waals surface area contributed by atoms with Crippen molar-refractivity contribution >= 4 is 22.3 Å². The highest BCUT2D eigenvalue weighted by Gasteiger charge is 2.41. The average Bonchev–Trinajstić information content (AvgIpc) is 3.38. The lowest BCUT2D eigenvalue weighted by Gasteiger charge is -2.22. The van der Waals surface area contributed by atoms with Crippen LogP contribution in [-0.4, -0.2) is 56.1 Å². The van der Waals surface area contributed by atoms with Gasteiger partial charge >= 0.3 is 0 Å². The van der Waals surface area contributed by atoms with E-state index in [2.05, 4.69) is 41.1 Å². The summed E-state index contributed by atoms with van der Waals surface area (Å²) in [5, 5.41) is 15.1. The lowest BCUT2D eigenvalue weighted by Crippen LogP contribution is -2.29. The minimum absolute atomic E-state index is 0.640. The fraction of sp³-hybridized carbons (Fsp3) is 0.500. The van der Waals surface area contributed by atoms with Crippen LogP contribution in [0.1, 0.15) is 16.4 Å². The predicted molar refractivity (Wildman–Crippen MR) is 105 cm³/mol. The zero-order chi connectivity index (χ0) is 18.5. The van der Waals surface area contributed by atoms with Crippen LogP contribution in [0.4, 0.5) is 10.9 Å². The molecule has 2 aliphatic rings. The van der Waals surface area contributed by atoms with Gasteiger partial charge in [-0.3, -0.25) is 0 Å². The third-order valence-corrected chi connectivity index (χ3v) is 6.36. The summed E-state index contributed by atoms with van der Waals surface area (Å²) in [6.07, 6.45) is 1.64. The van der Waals surface area contributed by atoms with Gasteiger partial charge in [0.1, 0.15) is 17.2 Å². The van der Waals surface area contributed by atoms with E-state index in [9.17, 15) is 0 Å². The van der Waals surface area contributed by atoms with E-state index in [1.165, 1.54) is 0 Å². The third kappa shape index (κ3) is 2.95. The quantitative estimate of drug-likeness (QED) is 0.686. The lowest BCUT2D eigenvalue weighted by molar-refractivity contribution is 0.533. The van der Waals surface area contributed by atoms with Crippen LogP contribution in [0.25, 0.3) is 5.82 Å². The Bertz CT molecular complexity index is 965. The highest BCUT2D eigenvalue weighted by atomic mass is 32.1. The van der Waals surface area contributed by atoms with Crippen LogP contribution in [0.15, 0.2) is 18.5 Å². The van der Waals surface area contributed by atoms with E-state index in [0.717, 1.165) is 59.3 Å². The molecule has 0 saturated carbocycles. The zero-order valence-corrected chi connectivity index (χ0v) is 16.5. The van der Waals surface area contributed by atoms with E-state index in [0.29, 0.717) is 11.8 Å². The SMILES string of the molecule is Cc1cc(C)n(-c2cc(N3CC4CN(c5nnc(C)s5)CC4C3)ncn2)n1. The molecular weight excluding hydrogens is 360 g/mol. The minimum atomic E-state index is 0.640. The van der Waals surface area contributed by atoms with Crippen molar-refractivity contribution in [2.24, 2.45) is 11.8 Å². The van der Waals surface area contributed by atoms with Gasteiger partial charge in [0.25, 0.3) is 0 Å². The first kappa shape index (κ1) is 16.6. The molecule has 3 aromatic rings. The van der Waals surface area contributed by atoms with Crippen molar-refractivity contribution in [1.29, 1.82) is 0 Å². The molecule has 5 rings (SSSR count). The monoisotopic (exact) mass is 382 g/mol. The first-order valence-corrected chi connectivity index (χ1v) is 10.0. The fourth-order valence-corrected chi connectivity index (χ4v) is 4.94. The van der Waals surface area contributed by atoms with Crippen LogP contribution in [0.5, 0.6) is 0 Å². The smallest absolute Gasteiger partial charge is 0.208 e. The largest absolute Gasteiger partial charge is 0.356 e. The second-order valence-corrected chi connectivity index (χ2v) is 8.67. The van der Waals surface area contributed by atoms with Crippen molar-refractivity contribution in [3.8, 4) is 5.82 Å². The summed E-state index contributed by atoms with van der Waals surface area (Å²) in [4.78, 5) is 13.7. The molecule has 140 valence electrons. The number of aryl methyl sites for hydroxylation is 3. The molecule has 8 nitrogen and oxygen atoms in total. The van der Waals surface area contributed by atoms with Crippen molar-refractivity contribution in [1.82, 2.24) is 29.9 Å². The van der Waals surface area contributed by atoms with E-state index in [1.807, 2.05) is 31.5 Å². The molecule has 2 unspecified atom stereocenters. The standard InChI is InChI=1S/C18H22N8S/c1-11-4-12(2)26(23-11)17-5-16(19-10-20-17)24-6-14-8-25(9-15(14)7-24)18-22-21-13(3)27-18/h4-5,10,14-15H,6-9H2,1-3H3. The number of nitrogens with zero attached hydrogens (tertiary/aromatic N) is 8. The predicted octanol–water partition coefficient (Wildman–Crippen LogP) is 2.01. The summed E-state index contributed by atoms with van der Waals surface area (Å²) in [5.74, 6) is 3.09. The van der Waals surface area contributed by atoms with Gasteiger partial charge in [0, 0.05) is 49.8 Å². The summed E-state index contributed by atoms with van der Waals surface area (Å²) < 4.78 is 1.89. The van der Waals surface area contributed by atoms with Crippen LogP contribution in [-0.2, 0) is 0 Å². The van der Waals surface area contributed by atoms with Gasteiger partial charge < -0.3 is 9.80 Å². The molecule has 2 aliphatic heterocycles. The van der Waals surface area contributed by atoms with Crippen molar-refractivity contribution in [3.05, 3.63) is 34.9 Å². The molecule has 0 amide bonds. The maximum absolute atomic E-state index is 4.54. The topological polar surface area (TPSA) is 75.9 Å². The van der Waals surface area contributed by atoms with Crippen LogP contribution in [0.2, 0.25) is 0 Å². The van der Waals surface area contributed by atoms with E-state index in [4.69, 9.17) is 0 Å². The number of hydrogen-bond acceptors (Lipinski definition) is 8. The van der Waals surface area contributed by atoms with Gasteiger partial charge in [-0.25, -0.2) is 14.6 Å². The maximum Gasteiger partial charge on any atom is 0.208 e. The molecule has 2 fully saturated rings. The van der Waals surface area contributed by atoms with E-state index >= 15 is 0 Å². The number of hydrogen-bond donors (Lipinski definition) is 0. The van der Waals surface area contributed by atoms with Gasteiger partial charge in [0.2, 0.25) is 5.13 Å². The van der Waals surface area contributed by atoms with Crippen molar-refractivity contribution in [2.75, 3.05) is 36.0 Å². The first-order valence-electron chi connectivity index (χ1n) is 9.22. The molecule has 27 heavy (non-hydrogen) atoms. The molecule has 5 heterocycles. The molecule has 2 atom stereocenters. The summed E-state index contributed by atoms with van der Waals surface area (Å²) in [5.41, 5.74) is 2.08. The van der Waals surface area contributed by atoms with Crippen LogP contribution in [0.3, 0.4) is 0 Å². The number of fused-ring (bicyclic) bond motifs is 1. The Morgan fingerprint density at radius 1 is 0.889 bits per heavy atom. The number of rotatable bonds is 3. The Kier molecular flexibility index (Phi) is 3.85. The summed E-state index contributed by atoms with van der Waals surface area (Å²) in [6.45, 7) is 10.2. The van der Waals surface area contributed by atoms with Crippen molar-refractivity contribution < 1.29 is 0 Å². The molecule has 0 spiro atoms. The summed E-state index contributed by atoms with van der Waals surface area (Å²) >= 11 is 1.68. The minimum Gasteiger partial charge on any atom is -0.356 e. The van der Waals surface area contributed by atoms with Crippen LogP contribution in [0, 0.1) is 32.6 Å². The second kappa shape index (κ2) is 6.26. The highest BCUT2D eigenvalue weighted by molar-refractivity contribution is 7.15. The van der Waals surface area contributed by atoms with Gasteiger partial charge in [-0.1, -0.05) is 11.3 Å². The molecule has 0 N–H and O–H groups in total. The van der Waals surface area contributed by atoms with Gasteiger partial charge in [-0.2, -0.15) is 5.10 Å². The van der Waals surface area contributed by atoms with Gasteiger partial charge in [0.05, 0.1) is 5.69 Å². The molecular formula is C18H22N8S. The van der Waals surface area contributed by atoms with E-state index in [-0.39, 0.29) is 0 Å². The molecule has 0 bridgehead atoms. The summed E-state index contributed by atoms with van der Waals surface area (Å²) in [7, 11) is 0. The Morgan fingerprint density at radius 3 is 2.22 bits per heavy atom. The third-order valence-electron chi connectivity index (χ3n) is 5.46. The normalized spacial score (nSPS) is 21.9. The highest BCUT2D eigenvalue weighted by Crippen LogP contribution is 2.36. The Hall–Kier alpha value is -2.55. The van der Waals surface area contributed by atoms with Gasteiger partial charge in [0.15, 0.2) is 5.82 Å². The average molecular weight is 382 g/mol. The maximum atomic E-state index is 4.54. The lowest BCUT2D eigenvalue weighted by atomic mass is 10.0. The van der Waals surface area contributed by atoms with Crippen molar-refractivity contribution in [3.63, 3.8) is 0 Å². The Labute approximate surface area is 161 Å². The fourth-order valence-electron chi connectivity index (χ4n) is 4.24. The van der Waals surface area contributed by atoms with E-state index in [1.54, 1.807) is 17.7 Å². The van der Waals surface area contributed by atoms with Gasteiger partial charge in [-0.15, -0.1) is 10.2 Å². The molecule has 9 heteroatoms. The number of aromatic nitrogens is 6. The zero-order valence-electron chi connectivity index (χ0n) is 15.7. The number of anilines is 2. The van der Waals surface area contributed by atoms with Gasteiger partial charge in [-0.05, 0) is 26.8 Å². The van der Waals surface area contributed by atoms with Crippen molar-refractivity contribution in [2.45, 2.75) is 20.8 Å². The molecule has 3 aromatic heterocycles. The van der Waals surface area contributed by atoms with Crippen LogP contribution >= 0.6 is 11.3 Å². The Morgan fingerprint density at radius 2 is 1.59 bits per heavy atom. The van der Waals surface area contributed by atoms with Crippen LogP contribution < -0.4 is 9.80 Å². The first-order chi connectivity index (χ1) is 13.1. The molecule has 0 aliphatic carbocycles. The second-order valence-electron chi connectivity index (χ2n) is 7.51. The summed E-state index contributed by atoms with van der Waals surface area (Å²) in [6, 6.07) is 4.11. The molecule has 0 radical (unpaired) electrons. The molecule has 0 aromatic carbocycles. The molecule has 2 saturated heterocycles.